The third-order valence-corrected chi connectivity index (χ3v) is 4.22. The van der Waals surface area contributed by atoms with Gasteiger partial charge in [-0.15, -0.1) is 0 Å². The molecule has 0 aliphatic carbocycles. The quantitative estimate of drug-likeness (QED) is 0.827. The predicted octanol–water partition coefficient (Wildman–Crippen LogP) is 3.43. The monoisotopic (exact) mass is 356 g/mol. The van der Waals surface area contributed by atoms with Crippen LogP contribution in [0.5, 0.6) is 23.0 Å². The van der Waals surface area contributed by atoms with Gasteiger partial charge in [-0.3, -0.25) is 4.79 Å². The van der Waals surface area contributed by atoms with Gasteiger partial charge in [-0.05, 0) is 59.8 Å². The van der Waals surface area contributed by atoms with Crippen LogP contribution in [0.4, 0.5) is 0 Å². The van der Waals surface area contributed by atoms with Crippen molar-refractivity contribution in [2.24, 2.45) is 10.7 Å². The molecule has 2 aromatic rings. The molecule has 0 radical (unpaired) electrons. The van der Waals surface area contributed by atoms with Gasteiger partial charge in [0.1, 0.15) is 11.5 Å². The lowest BCUT2D eigenvalue weighted by Crippen LogP contribution is -2.01. The van der Waals surface area contributed by atoms with E-state index in [-0.39, 0.29) is 11.1 Å². The molecular weight excluding hydrogens is 340 g/mol. The molecule has 2 aromatic carbocycles. The molecule has 1 amide bonds. The van der Waals surface area contributed by atoms with Crippen LogP contribution in [0.25, 0.3) is 6.08 Å². The number of hydrogen-bond donors (Lipinski definition) is 1. The Morgan fingerprint density at radius 1 is 1.00 bits per heavy atom. The fourth-order valence-electron chi connectivity index (χ4n) is 2.21. The maximum absolute atomic E-state index is 11.7. The highest BCUT2D eigenvalue weighted by atomic mass is 32.2. The molecule has 1 aliphatic heterocycles. The van der Waals surface area contributed by atoms with Crippen molar-refractivity contribution in [2.45, 2.75) is 0 Å². The first-order valence-electron chi connectivity index (χ1n) is 7.37. The van der Waals surface area contributed by atoms with Crippen molar-refractivity contribution in [1.82, 2.24) is 0 Å². The Hall–Kier alpha value is -2.93. The number of rotatable bonds is 5. The third-order valence-electron chi connectivity index (χ3n) is 3.41. The Morgan fingerprint density at radius 3 is 2.32 bits per heavy atom. The van der Waals surface area contributed by atoms with E-state index in [2.05, 4.69) is 4.99 Å². The van der Waals surface area contributed by atoms with E-state index in [0.717, 1.165) is 23.1 Å². The maximum atomic E-state index is 11.7. The second-order valence-electron chi connectivity index (χ2n) is 5.05. The van der Waals surface area contributed by atoms with Gasteiger partial charge in [0.15, 0.2) is 16.7 Å². The summed E-state index contributed by atoms with van der Waals surface area (Å²) in [6.07, 6.45) is 1.72. The zero-order chi connectivity index (χ0) is 17.8. The van der Waals surface area contributed by atoms with Crippen molar-refractivity contribution >= 4 is 28.9 Å². The molecule has 1 aliphatic rings. The number of carbonyl (C=O) groups is 1. The van der Waals surface area contributed by atoms with Gasteiger partial charge in [0, 0.05) is 0 Å². The van der Waals surface area contributed by atoms with E-state index in [4.69, 9.17) is 19.9 Å². The molecule has 1 heterocycles. The van der Waals surface area contributed by atoms with Gasteiger partial charge in [-0.2, -0.15) is 4.99 Å². The highest BCUT2D eigenvalue weighted by Crippen LogP contribution is 2.34. The summed E-state index contributed by atoms with van der Waals surface area (Å²) in [6, 6.07) is 12.6. The molecule has 0 saturated carbocycles. The summed E-state index contributed by atoms with van der Waals surface area (Å²) in [5, 5.41) is 0.252. The Labute approximate surface area is 149 Å². The molecule has 25 heavy (non-hydrogen) atoms. The molecule has 0 bridgehead atoms. The number of carbonyl (C=O) groups excluding carboxylic acids is 1. The fourth-order valence-corrected chi connectivity index (χ4v) is 2.89. The number of thioether (sulfide) groups is 1. The van der Waals surface area contributed by atoms with Gasteiger partial charge < -0.3 is 19.9 Å². The van der Waals surface area contributed by atoms with Crippen LogP contribution in [-0.4, -0.2) is 25.3 Å². The second-order valence-corrected chi connectivity index (χ2v) is 6.12. The van der Waals surface area contributed by atoms with Gasteiger partial charge in [0.2, 0.25) is 0 Å². The minimum atomic E-state index is -0.333. The topological polar surface area (TPSA) is 83.1 Å². The summed E-state index contributed by atoms with van der Waals surface area (Å²) >= 11 is 1.15. The Morgan fingerprint density at radius 2 is 1.72 bits per heavy atom. The Balaban J connectivity index is 1.82. The van der Waals surface area contributed by atoms with E-state index < -0.39 is 0 Å². The number of nitrogens with zero attached hydrogens (tertiary/aromatic N) is 1. The first-order valence-corrected chi connectivity index (χ1v) is 8.18. The summed E-state index contributed by atoms with van der Waals surface area (Å²) < 4.78 is 16.4. The van der Waals surface area contributed by atoms with Gasteiger partial charge in [0.05, 0.1) is 19.1 Å². The first-order chi connectivity index (χ1) is 12.1. The van der Waals surface area contributed by atoms with Crippen molar-refractivity contribution < 1.29 is 19.0 Å². The summed E-state index contributed by atoms with van der Waals surface area (Å²) in [5.74, 6) is 2.19. The Bertz CT molecular complexity index is 860. The average molecular weight is 356 g/mol. The number of methoxy groups -OCH3 is 2. The van der Waals surface area contributed by atoms with E-state index in [9.17, 15) is 4.79 Å². The van der Waals surface area contributed by atoms with Crippen LogP contribution in [0.2, 0.25) is 0 Å². The fraction of sp³-hybridized carbons (Fsp3) is 0.111. The number of amides is 1. The molecule has 3 rings (SSSR count). The molecule has 0 spiro atoms. The van der Waals surface area contributed by atoms with E-state index in [1.165, 1.54) is 0 Å². The number of ether oxygens (including phenoxy) is 3. The number of nitrogens with two attached hydrogens (primary N) is 1. The average Bonchev–Trinajstić information content (AvgIpc) is 2.94. The zero-order valence-corrected chi connectivity index (χ0v) is 14.5. The smallest absolute Gasteiger partial charge is 0.286 e. The molecule has 0 aromatic heterocycles. The SMILES string of the molecule is COc1ccc(Oc2ccc(C=C3SC(N)=NC3=O)cc2OC)cc1. The summed E-state index contributed by atoms with van der Waals surface area (Å²) in [4.78, 5) is 15.8. The minimum absolute atomic E-state index is 0.252. The van der Waals surface area contributed by atoms with E-state index >= 15 is 0 Å². The van der Waals surface area contributed by atoms with E-state index in [0.29, 0.717) is 22.2 Å². The highest BCUT2D eigenvalue weighted by molar-refractivity contribution is 8.18. The van der Waals surface area contributed by atoms with Crippen LogP contribution >= 0.6 is 11.8 Å². The van der Waals surface area contributed by atoms with Crippen molar-refractivity contribution in [2.75, 3.05) is 14.2 Å². The third kappa shape index (κ3) is 3.95. The molecule has 0 fully saturated rings. The number of aliphatic imine (C=N–C) groups is 1. The van der Waals surface area contributed by atoms with Crippen LogP contribution in [0.15, 0.2) is 52.4 Å². The van der Waals surface area contributed by atoms with Crippen LogP contribution in [0.1, 0.15) is 5.56 Å². The molecule has 0 atom stereocenters. The molecule has 0 unspecified atom stereocenters. The largest absolute Gasteiger partial charge is 0.497 e. The number of benzene rings is 2. The van der Waals surface area contributed by atoms with Crippen LogP contribution < -0.4 is 19.9 Å². The summed E-state index contributed by atoms with van der Waals surface area (Å²) in [7, 11) is 3.17. The van der Waals surface area contributed by atoms with Crippen molar-refractivity contribution in [3.63, 3.8) is 0 Å². The minimum Gasteiger partial charge on any atom is -0.497 e. The van der Waals surface area contributed by atoms with Gasteiger partial charge in [0.25, 0.3) is 5.91 Å². The van der Waals surface area contributed by atoms with Gasteiger partial charge in [-0.1, -0.05) is 6.07 Å². The molecule has 128 valence electrons. The molecular formula is C18H16N2O4S. The first kappa shape index (κ1) is 16.9. The van der Waals surface area contributed by atoms with Crippen molar-refractivity contribution in [3.8, 4) is 23.0 Å². The predicted molar refractivity (Wildman–Crippen MR) is 98.3 cm³/mol. The van der Waals surface area contributed by atoms with Crippen LogP contribution in [0.3, 0.4) is 0 Å². The molecule has 2 N–H and O–H groups in total. The standard InChI is InChI=1S/C18H16N2O4S/c1-22-12-4-6-13(7-5-12)24-14-8-3-11(9-15(14)23-2)10-16-17(21)20-18(19)25-16/h3-10H,1-2H3,(H2,19,20,21). The number of amidine groups is 1. The van der Waals surface area contributed by atoms with Crippen LogP contribution in [-0.2, 0) is 4.79 Å². The molecule has 7 heteroatoms. The highest BCUT2D eigenvalue weighted by Gasteiger charge is 2.19. The Kier molecular flexibility index (Phi) is 4.95. The number of hydrogen-bond acceptors (Lipinski definition) is 6. The maximum Gasteiger partial charge on any atom is 0.286 e. The van der Waals surface area contributed by atoms with Crippen molar-refractivity contribution in [3.05, 3.63) is 52.9 Å². The lowest BCUT2D eigenvalue weighted by Gasteiger charge is -2.11. The lowest BCUT2D eigenvalue weighted by atomic mass is 10.2. The van der Waals surface area contributed by atoms with Crippen LogP contribution in [0, 0.1) is 0 Å². The summed E-state index contributed by atoms with van der Waals surface area (Å²) in [6.45, 7) is 0. The normalized spacial score (nSPS) is 15.2. The molecule has 0 saturated heterocycles. The lowest BCUT2D eigenvalue weighted by molar-refractivity contribution is -0.113. The molecule has 6 nitrogen and oxygen atoms in total. The van der Waals surface area contributed by atoms with Gasteiger partial charge in [-0.25, -0.2) is 0 Å². The van der Waals surface area contributed by atoms with E-state index in [1.54, 1.807) is 32.4 Å². The van der Waals surface area contributed by atoms with Crippen molar-refractivity contribution in [1.29, 1.82) is 0 Å². The second kappa shape index (κ2) is 7.31. The van der Waals surface area contributed by atoms with Gasteiger partial charge >= 0.3 is 0 Å². The zero-order valence-electron chi connectivity index (χ0n) is 13.7. The van der Waals surface area contributed by atoms with E-state index in [1.807, 2.05) is 30.3 Å². The summed E-state index contributed by atoms with van der Waals surface area (Å²) in [5.41, 5.74) is 6.35.